The maximum atomic E-state index is 12.4. The van der Waals surface area contributed by atoms with Gasteiger partial charge in [0.05, 0.1) is 6.04 Å². The molecule has 1 heterocycles. The number of amides is 1. The van der Waals surface area contributed by atoms with Crippen LogP contribution in [0.2, 0.25) is 0 Å². The zero-order chi connectivity index (χ0) is 22.2. The first-order valence-electron chi connectivity index (χ1n) is 10.7. The molecule has 0 radical (unpaired) electrons. The molecule has 2 rings (SSSR count). The molecular weight excluding hydrogens is 386 g/mol. The Balaban J connectivity index is 1.85. The van der Waals surface area contributed by atoms with Gasteiger partial charge in [-0.05, 0) is 57.8 Å². The quantitative estimate of drug-likeness (QED) is 0.284. The van der Waals surface area contributed by atoms with Crippen molar-refractivity contribution in [2.75, 3.05) is 7.11 Å². The van der Waals surface area contributed by atoms with Gasteiger partial charge in [-0.15, -0.1) is 0 Å². The van der Waals surface area contributed by atoms with Crippen molar-refractivity contribution in [1.82, 2.24) is 5.32 Å². The summed E-state index contributed by atoms with van der Waals surface area (Å²) in [6.45, 7) is 3.55. The van der Waals surface area contributed by atoms with Crippen LogP contribution in [0.4, 0.5) is 0 Å². The summed E-state index contributed by atoms with van der Waals surface area (Å²) in [5.41, 5.74) is -3.35. The molecule has 1 saturated heterocycles. The number of fused-ring (bicyclic) bond motifs is 1. The highest BCUT2D eigenvalue weighted by atomic mass is 16.6. The highest BCUT2D eigenvalue weighted by Crippen LogP contribution is 2.44. The van der Waals surface area contributed by atoms with Crippen LogP contribution in [0.15, 0.2) is 36.5 Å². The lowest BCUT2D eigenvalue weighted by Crippen LogP contribution is -2.73. The predicted octanol–water partition coefficient (Wildman–Crippen LogP) is 2.33. The minimum atomic E-state index is -1.91. The second-order valence-electron chi connectivity index (χ2n) is 8.14. The van der Waals surface area contributed by atoms with Crippen LogP contribution in [0.25, 0.3) is 0 Å². The van der Waals surface area contributed by atoms with E-state index in [-0.39, 0.29) is 6.42 Å². The monoisotopic (exact) mass is 421 g/mol. The van der Waals surface area contributed by atoms with E-state index in [0.29, 0.717) is 0 Å². The van der Waals surface area contributed by atoms with Gasteiger partial charge in [0.1, 0.15) is 11.7 Å². The van der Waals surface area contributed by atoms with Crippen LogP contribution in [0.1, 0.15) is 58.8 Å². The number of carbonyl (C=O) groups is 2. The Labute approximate surface area is 178 Å². The number of nitrogens with one attached hydrogen (secondary N) is 1. The van der Waals surface area contributed by atoms with Crippen molar-refractivity contribution in [3.8, 4) is 0 Å². The summed E-state index contributed by atoms with van der Waals surface area (Å²) in [5, 5.41) is 24.1. The van der Waals surface area contributed by atoms with E-state index in [1.807, 2.05) is 6.92 Å². The molecule has 0 unspecified atom stereocenters. The Kier molecular flexibility index (Phi) is 8.97. The molecule has 5 atom stereocenters. The van der Waals surface area contributed by atoms with Gasteiger partial charge in [-0.3, -0.25) is 9.59 Å². The maximum Gasteiger partial charge on any atom is 0.244 e. The van der Waals surface area contributed by atoms with Gasteiger partial charge < -0.3 is 25.0 Å². The second-order valence-corrected chi connectivity index (χ2v) is 8.14. The van der Waals surface area contributed by atoms with Crippen molar-refractivity contribution >= 4 is 11.7 Å². The molecule has 0 aromatic carbocycles. The first-order chi connectivity index (χ1) is 14.3. The zero-order valence-electron chi connectivity index (χ0n) is 18.2. The first-order valence-corrected chi connectivity index (χ1v) is 10.7. The van der Waals surface area contributed by atoms with Crippen molar-refractivity contribution < 1.29 is 29.3 Å². The van der Waals surface area contributed by atoms with Crippen LogP contribution in [0.5, 0.6) is 0 Å². The second kappa shape index (κ2) is 11.0. The van der Waals surface area contributed by atoms with Crippen molar-refractivity contribution in [3.05, 3.63) is 36.5 Å². The van der Waals surface area contributed by atoms with E-state index in [9.17, 15) is 19.8 Å². The Morgan fingerprint density at radius 2 is 1.97 bits per heavy atom. The molecule has 168 valence electrons. The van der Waals surface area contributed by atoms with E-state index in [1.54, 1.807) is 6.08 Å². The number of hydrogen-bond donors (Lipinski definition) is 3. The van der Waals surface area contributed by atoms with Gasteiger partial charge in [-0.2, -0.15) is 0 Å². The molecule has 0 aromatic rings. The van der Waals surface area contributed by atoms with Crippen LogP contribution >= 0.6 is 0 Å². The third-order valence-electron chi connectivity index (χ3n) is 6.00. The lowest BCUT2D eigenvalue weighted by molar-refractivity contribution is -0.305. The molecule has 7 heteroatoms. The normalized spacial score (nSPS) is 33.9. The lowest BCUT2D eigenvalue weighted by Gasteiger charge is -2.54. The fourth-order valence-corrected chi connectivity index (χ4v) is 4.09. The van der Waals surface area contributed by atoms with Gasteiger partial charge in [0.25, 0.3) is 0 Å². The highest BCUT2D eigenvalue weighted by Gasteiger charge is 2.64. The summed E-state index contributed by atoms with van der Waals surface area (Å²) in [7, 11) is 1.44. The third kappa shape index (κ3) is 5.46. The van der Waals surface area contributed by atoms with E-state index >= 15 is 0 Å². The smallest absolute Gasteiger partial charge is 0.244 e. The van der Waals surface area contributed by atoms with Gasteiger partial charge in [0.15, 0.2) is 17.7 Å². The number of aliphatic hydroxyl groups excluding tert-OH is 1. The SMILES string of the molecule is C/C=C/CCCCCC/C=C/C(=O)N[C@H]1C[C@@]2(O)C(=O)C=C[C@@H](OC)[C@]2(C)O[C@H]1O. The van der Waals surface area contributed by atoms with E-state index in [4.69, 9.17) is 9.47 Å². The Hall–Kier alpha value is -1.80. The number of methoxy groups -OCH3 is 1. The molecular formula is C23H35NO6. The van der Waals surface area contributed by atoms with Gasteiger partial charge in [0, 0.05) is 13.5 Å². The minimum Gasteiger partial charge on any atom is -0.378 e. The number of ketones is 1. The minimum absolute atomic E-state index is 0.167. The molecule has 7 nitrogen and oxygen atoms in total. The molecule has 2 aliphatic rings. The molecule has 1 amide bonds. The van der Waals surface area contributed by atoms with Gasteiger partial charge in [-0.1, -0.05) is 31.1 Å². The predicted molar refractivity (Wildman–Crippen MR) is 114 cm³/mol. The third-order valence-corrected chi connectivity index (χ3v) is 6.00. The first kappa shape index (κ1) is 24.5. The highest BCUT2D eigenvalue weighted by molar-refractivity contribution is 5.99. The molecule has 1 aliphatic carbocycles. The van der Waals surface area contributed by atoms with E-state index in [0.717, 1.165) is 32.1 Å². The number of carbonyl (C=O) groups excluding carboxylic acids is 2. The van der Waals surface area contributed by atoms with Crippen molar-refractivity contribution in [2.45, 2.75) is 88.4 Å². The molecule has 1 aliphatic heterocycles. The van der Waals surface area contributed by atoms with Crippen LogP contribution in [0, 0.1) is 0 Å². The number of hydrogen-bond acceptors (Lipinski definition) is 6. The van der Waals surface area contributed by atoms with Crippen LogP contribution in [-0.4, -0.2) is 58.7 Å². The number of ether oxygens (including phenoxy) is 2. The largest absolute Gasteiger partial charge is 0.378 e. The van der Waals surface area contributed by atoms with Crippen LogP contribution in [-0.2, 0) is 19.1 Å². The fraction of sp³-hybridized carbons (Fsp3) is 0.652. The van der Waals surface area contributed by atoms with Gasteiger partial charge in [0.2, 0.25) is 5.91 Å². The number of unbranched alkanes of at least 4 members (excludes halogenated alkanes) is 5. The fourth-order valence-electron chi connectivity index (χ4n) is 4.09. The maximum absolute atomic E-state index is 12.4. The van der Waals surface area contributed by atoms with Crippen molar-refractivity contribution in [2.24, 2.45) is 0 Å². The molecule has 0 saturated carbocycles. The summed E-state index contributed by atoms with van der Waals surface area (Å²) in [6.07, 6.45) is 14.3. The van der Waals surface area contributed by atoms with Crippen LogP contribution < -0.4 is 5.32 Å². The Bertz CT molecular complexity index is 687. The lowest BCUT2D eigenvalue weighted by atomic mass is 9.68. The number of rotatable bonds is 10. The van der Waals surface area contributed by atoms with E-state index in [2.05, 4.69) is 17.5 Å². The molecule has 3 N–H and O–H groups in total. The molecule has 0 spiro atoms. The standard InChI is InChI=1S/C23H35NO6/c1-4-5-6-7-8-9-10-11-12-13-20(26)24-17-16-23(28)18(25)14-15-19(29-3)22(23,2)30-21(17)27/h4-5,12-15,17,19,21,27-28H,6-11,16H2,1-3H3,(H,24,26)/b5-4+,13-12+/t17-,19+,21+,22-,23+/m0/s1. The average molecular weight is 422 g/mol. The van der Waals surface area contributed by atoms with Crippen molar-refractivity contribution in [1.29, 1.82) is 0 Å². The van der Waals surface area contributed by atoms with Crippen LogP contribution in [0.3, 0.4) is 0 Å². The topological polar surface area (TPSA) is 105 Å². The van der Waals surface area contributed by atoms with Gasteiger partial charge >= 0.3 is 0 Å². The van der Waals surface area contributed by atoms with E-state index in [1.165, 1.54) is 38.7 Å². The summed E-state index contributed by atoms with van der Waals surface area (Å²) < 4.78 is 10.9. The molecule has 1 fully saturated rings. The molecule has 30 heavy (non-hydrogen) atoms. The summed E-state index contributed by atoms with van der Waals surface area (Å²) in [4.78, 5) is 24.7. The average Bonchev–Trinajstić information content (AvgIpc) is 2.70. The number of allylic oxidation sites excluding steroid dienone is 3. The van der Waals surface area contributed by atoms with Gasteiger partial charge in [-0.25, -0.2) is 0 Å². The summed E-state index contributed by atoms with van der Waals surface area (Å²) in [5.74, 6) is -0.931. The Morgan fingerprint density at radius 3 is 2.60 bits per heavy atom. The Morgan fingerprint density at radius 1 is 1.30 bits per heavy atom. The summed E-state index contributed by atoms with van der Waals surface area (Å²) >= 11 is 0. The number of aliphatic hydroxyl groups is 2. The summed E-state index contributed by atoms with van der Waals surface area (Å²) in [6, 6.07) is -0.917. The van der Waals surface area contributed by atoms with E-state index < -0.39 is 41.3 Å². The van der Waals surface area contributed by atoms with Crippen molar-refractivity contribution in [3.63, 3.8) is 0 Å². The molecule has 0 bridgehead atoms. The molecule has 0 aromatic heterocycles. The zero-order valence-corrected chi connectivity index (χ0v) is 18.2.